The van der Waals surface area contributed by atoms with Crippen LogP contribution < -0.4 is 10.2 Å². The molecule has 3 rings (SSSR count). The Balaban J connectivity index is 1.66. The zero-order valence-corrected chi connectivity index (χ0v) is 12.4. The second-order valence-corrected chi connectivity index (χ2v) is 6.35. The van der Waals surface area contributed by atoms with Gasteiger partial charge in [0.25, 0.3) is 0 Å². The molecule has 1 fully saturated rings. The van der Waals surface area contributed by atoms with E-state index in [1.54, 1.807) is 12.1 Å². The second kappa shape index (κ2) is 5.72. The molecular formula is C17H25FN2. The van der Waals surface area contributed by atoms with Crippen molar-refractivity contribution in [2.75, 3.05) is 25.0 Å². The molecule has 1 N–H and O–H groups in total. The van der Waals surface area contributed by atoms with Crippen molar-refractivity contribution in [3.05, 3.63) is 29.6 Å². The van der Waals surface area contributed by atoms with E-state index in [1.807, 2.05) is 6.07 Å². The number of nitrogens with one attached hydrogen (secondary N) is 1. The number of nitrogens with zero attached hydrogens (tertiary/aromatic N) is 1. The van der Waals surface area contributed by atoms with E-state index in [1.165, 1.54) is 44.1 Å². The highest BCUT2D eigenvalue weighted by Crippen LogP contribution is 2.33. The molecule has 110 valence electrons. The lowest BCUT2D eigenvalue weighted by Crippen LogP contribution is -2.47. The maximum Gasteiger partial charge on any atom is 0.125 e. The van der Waals surface area contributed by atoms with Gasteiger partial charge in [0.15, 0.2) is 0 Å². The summed E-state index contributed by atoms with van der Waals surface area (Å²) in [4.78, 5) is 2.37. The number of hydrogen-bond donors (Lipinski definition) is 1. The van der Waals surface area contributed by atoms with E-state index in [9.17, 15) is 4.39 Å². The van der Waals surface area contributed by atoms with Gasteiger partial charge in [0, 0.05) is 24.3 Å². The average molecular weight is 276 g/mol. The molecule has 1 aliphatic heterocycles. The first-order valence-corrected chi connectivity index (χ1v) is 7.95. The highest BCUT2D eigenvalue weighted by Gasteiger charge is 2.31. The van der Waals surface area contributed by atoms with Gasteiger partial charge in [0.1, 0.15) is 5.82 Å². The summed E-state index contributed by atoms with van der Waals surface area (Å²) < 4.78 is 13.4. The summed E-state index contributed by atoms with van der Waals surface area (Å²) in [6.07, 6.45) is 8.85. The lowest BCUT2D eigenvalue weighted by molar-refractivity contribution is 0.232. The SMILES string of the molecule is CNC1(CCN2CCc3ccc(F)cc32)CCCCC1. The number of halogens is 1. The molecule has 1 saturated carbocycles. The summed E-state index contributed by atoms with van der Waals surface area (Å²) in [5.74, 6) is -0.114. The fourth-order valence-electron chi connectivity index (χ4n) is 3.85. The van der Waals surface area contributed by atoms with Gasteiger partial charge in [0.2, 0.25) is 0 Å². The van der Waals surface area contributed by atoms with Gasteiger partial charge >= 0.3 is 0 Å². The molecule has 20 heavy (non-hydrogen) atoms. The van der Waals surface area contributed by atoms with Crippen molar-refractivity contribution < 1.29 is 4.39 Å². The van der Waals surface area contributed by atoms with E-state index < -0.39 is 0 Å². The first kappa shape index (κ1) is 13.9. The minimum Gasteiger partial charge on any atom is -0.371 e. The molecule has 1 aromatic carbocycles. The maximum absolute atomic E-state index is 13.4. The van der Waals surface area contributed by atoms with Crippen LogP contribution in [0.5, 0.6) is 0 Å². The van der Waals surface area contributed by atoms with Crippen LogP contribution in [0.2, 0.25) is 0 Å². The average Bonchev–Trinajstić information content (AvgIpc) is 2.88. The fraction of sp³-hybridized carbons (Fsp3) is 0.647. The minimum absolute atomic E-state index is 0.114. The molecule has 1 heterocycles. The fourth-order valence-corrected chi connectivity index (χ4v) is 3.85. The molecule has 0 unspecified atom stereocenters. The molecule has 0 amide bonds. The molecule has 1 aliphatic carbocycles. The van der Waals surface area contributed by atoms with Crippen molar-refractivity contribution in [3.8, 4) is 0 Å². The van der Waals surface area contributed by atoms with E-state index in [2.05, 4.69) is 17.3 Å². The molecular weight excluding hydrogens is 251 g/mol. The summed E-state index contributed by atoms with van der Waals surface area (Å²) >= 11 is 0. The minimum atomic E-state index is -0.114. The van der Waals surface area contributed by atoms with E-state index in [0.717, 1.165) is 25.2 Å². The van der Waals surface area contributed by atoms with Crippen LogP contribution in [0, 0.1) is 5.82 Å². The third kappa shape index (κ3) is 2.69. The molecule has 0 saturated heterocycles. The molecule has 1 aromatic rings. The number of anilines is 1. The topological polar surface area (TPSA) is 15.3 Å². The Morgan fingerprint density at radius 3 is 2.80 bits per heavy atom. The normalized spacial score (nSPS) is 21.0. The summed E-state index contributed by atoms with van der Waals surface area (Å²) in [6, 6.07) is 5.23. The van der Waals surface area contributed by atoms with Crippen LogP contribution in [-0.4, -0.2) is 25.7 Å². The van der Waals surface area contributed by atoms with Crippen LogP contribution >= 0.6 is 0 Å². The van der Waals surface area contributed by atoms with Crippen LogP contribution in [-0.2, 0) is 6.42 Å². The van der Waals surface area contributed by atoms with Crippen LogP contribution in [0.15, 0.2) is 18.2 Å². The summed E-state index contributed by atoms with van der Waals surface area (Å²) in [5.41, 5.74) is 2.73. The van der Waals surface area contributed by atoms with Crippen molar-refractivity contribution in [1.82, 2.24) is 5.32 Å². The summed E-state index contributed by atoms with van der Waals surface area (Å²) in [7, 11) is 2.10. The third-order valence-corrected chi connectivity index (χ3v) is 5.24. The largest absolute Gasteiger partial charge is 0.371 e. The summed E-state index contributed by atoms with van der Waals surface area (Å²) in [5, 5.41) is 3.58. The zero-order chi connectivity index (χ0) is 14.0. The van der Waals surface area contributed by atoms with E-state index in [-0.39, 0.29) is 5.82 Å². The van der Waals surface area contributed by atoms with Gasteiger partial charge in [0.05, 0.1) is 0 Å². The van der Waals surface area contributed by atoms with Gasteiger partial charge in [-0.05, 0) is 50.4 Å². The van der Waals surface area contributed by atoms with Gasteiger partial charge in [-0.3, -0.25) is 0 Å². The van der Waals surface area contributed by atoms with Crippen molar-refractivity contribution in [2.24, 2.45) is 0 Å². The number of fused-ring (bicyclic) bond motifs is 1. The molecule has 0 aromatic heterocycles. The third-order valence-electron chi connectivity index (χ3n) is 5.24. The maximum atomic E-state index is 13.4. The Morgan fingerprint density at radius 1 is 1.25 bits per heavy atom. The number of hydrogen-bond acceptors (Lipinski definition) is 2. The Labute approximate surface area is 121 Å². The lowest BCUT2D eigenvalue weighted by atomic mass is 9.79. The Bertz CT molecular complexity index is 466. The quantitative estimate of drug-likeness (QED) is 0.905. The molecule has 0 bridgehead atoms. The van der Waals surface area contributed by atoms with Crippen LogP contribution in [0.3, 0.4) is 0 Å². The van der Waals surface area contributed by atoms with E-state index in [4.69, 9.17) is 0 Å². The zero-order valence-electron chi connectivity index (χ0n) is 12.4. The van der Waals surface area contributed by atoms with Crippen LogP contribution in [0.1, 0.15) is 44.1 Å². The van der Waals surface area contributed by atoms with Crippen molar-refractivity contribution in [3.63, 3.8) is 0 Å². The number of rotatable bonds is 4. The second-order valence-electron chi connectivity index (χ2n) is 6.35. The highest BCUT2D eigenvalue weighted by molar-refractivity contribution is 5.58. The number of benzene rings is 1. The first-order chi connectivity index (χ1) is 9.72. The van der Waals surface area contributed by atoms with E-state index in [0.29, 0.717) is 5.54 Å². The smallest absolute Gasteiger partial charge is 0.125 e. The highest BCUT2D eigenvalue weighted by atomic mass is 19.1. The Hall–Kier alpha value is -1.09. The Morgan fingerprint density at radius 2 is 2.05 bits per heavy atom. The molecule has 0 atom stereocenters. The van der Waals surface area contributed by atoms with Crippen molar-refractivity contribution in [1.29, 1.82) is 0 Å². The molecule has 2 nitrogen and oxygen atoms in total. The predicted octanol–water partition coefficient (Wildman–Crippen LogP) is 3.50. The molecule has 3 heteroatoms. The van der Waals surface area contributed by atoms with Gasteiger partial charge < -0.3 is 10.2 Å². The predicted molar refractivity (Wildman–Crippen MR) is 81.8 cm³/mol. The summed E-state index contributed by atoms with van der Waals surface area (Å²) in [6.45, 7) is 2.08. The lowest BCUT2D eigenvalue weighted by Gasteiger charge is -2.38. The van der Waals surface area contributed by atoms with Crippen LogP contribution in [0.25, 0.3) is 0 Å². The molecule has 0 radical (unpaired) electrons. The van der Waals surface area contributed by atoms with Gasteiger partial charge in [-0.2, -0.15) is 0 Å². The Kier molecular flexibility index (Phi) is 3.97. The monoisotopic (exact) mass is 276 g/mol. The molecule has 0 spiro atoms. The van der Waals surface area contributed by atoms with Gasteiger partial charge in [-0.15, -0.1) is 0 Å². The van der Waals surface area contributed by atoms with Crippen LogP contribution in [0.4, 0.5) is 10.1 Å². The van der Waals surface area contributed by atoms with Gasteiger partial charge in [-0.25, -0.2) is 4.39 Å². The first-order valence-electron chi connectivity index (χ1n) is 7.95. The standard InChI is InChI=1S/C17H25FN2/c1-19-17(8-3-2-4-9-17)10-12-20-11-7-14-5-6-15(18)13-16(14)20/h5-6,13,19H,2-4,7-12H2,1H3. The van der Waals surface area contributed by atoms with Crippen molar-refractivity contribution >= 4 is 5.69 Å². The van der Waals surface area contributed by atoms with Gasteiger partial charge in [-0.1, -0.05) is 25.3 Å². The van der Waals surface area contributed by atoms with Crippen molar-refractivity contribution in [2.45, 2.75) is 50.5 Å². The van der Waals surface area contributed by atoms with E-state index >= 15 is 0 Å². The molecule has 2 aliphatic rings.